The number of methoxy groups -OCH3 is 1. The van der Waals surface area contributed by atoms with Crippen LogP contribution in [0.4, 0.5) is 0 Å². The number of hydrogen-bond acceptors (Lipinski definition) is 3. The largest absolute Gasteiger partial charge is 0.393 e. The van der Waals surface area contributed by atoms with Gasteiger partial charge in [0.15, 0.2) is 0 Å². The van der Waals surface area contributed by atoms with Gasteiger partial charge in [-0.25, -0.2) is 0 Å². The van der Waals surface area contributed by atoms with E-state index in [0.717, 1.165) is 9.21 Å². The molecule has 14 heavy (non-hydrogen) atoms. The molecule has 1 aromatic heterocycles. The highest BCUT2D eigenvalue weighted by molar-refractivity contribution is 7.16. The monoisotopic (exact) mass is 234 g/mol. The summed E-state index contributed by atoms with van der Waals surface area (Å²) in [6, 6.07) is 3.81. The molecule has 0 bridgehead atoms. The summed E-state index contributed by atoms with van der Waals surface area (Å²) in [7, 11) is 1.65. The van der Waals surface area contributed by atoms with Crippen molar-refractivity contribution < 1.29 is 9.84 Å². The number of aliphatic hydroxyl groups excluding tert-OH is 1. The fraction of sp³-hybridized carbons (Fsp3) is 0.600. The van der Waals surface area contributed by atoms with E-state index in [1.165, 1.54) is 11.3 Å². The molecular formula is C10H15ClO2S. The molecule has 1 rings (SSSR count). The predicted octanol–water partition coefficient (Wildman–Crippen LogP) is 2.73. The third-order valence-electron chi connectivity index (χ3n) is 2.07. The Hall–Kier alpha value is -0.0900. The average Bonchev–Trinajstić information content (AvgIpc) is 2.50. The maximum atomic E-state index is 9.70. The van der Waals surface area contributed by atoms with Gasteiger partial charge in [-0.2, -0.15) is 0 Å². The summed E-state index contributed by atoms with van der Waals surface area (Å²) in [5, 5.41) is 9.70. The van der Waals surface area contributed by atoms with Crippen molar-refractivity contribution in [3.63, 3.8) is 0 Å². The molecule has 80 valence electrons. The van der Waals surface area contributed by atoms with Crippen molar-refractivity contribution in [1.82, 2.24) is 0 Å². The van der Waals surface area contributed by atoms with E-state index in [1.54, 1.807) is 7.11 Å². The lowest BCUT2D eigenvalue weighted by Crippen LogP contribution is -2.18. The van der Waals surface area contributed by atoms with Crippen molar-refractivity contribution in [3.05, 3.63) is 21.3 Å². The van der Waals surface area contributed by atoms with Gasteiger partial charge < -0.3 is 9.84 Å². The average molecular weight is 235 g/mol. The second-order valence-electron chi connectivity index (χ2n) is 3.35. The highest BCUT2D eigenvalue weighted by atomic mass is 35.5. The number of halogens is 1. The molecule has 2 nitrogen and oxygen atoms in total. The zero-order valence-electron chi connectivity index (χ0n) is 8.37. The van der Waals surface area contributed by atoms with E-state index < -0.39 is 0 Å². The van der Waals surface area contributed by atoms with Crippen LogP contribution in [0.25, 0.3) is 0 Å². The first-order valence-corrected chi connectivity index (χ1v) is 5.76. The van der Waals surface area contributed by atoms with Crippen molar-refractivity contribution in [2.24, 2.45) is 0 Å². The van der Waals surface area contributed by atoms with Crippen LogP contribution < -0.4 is 0 Å². The molecule has 0 radical (unpaired) electrons. The first-order valence-electron chi connectivity index (χ1n) is 4.57. The first-order chi connectivity index (χ1) is 6.61. The fourth-order valence-corrected chi connectivity index (χ4v) is 2.42. The normalized spacial score (nSPS) is 15.4. The lowest BCUT2D eigenvalue weighted by atomic mass is 10.1. The smallest absolute Gasteiger partial charge is 0.0931 e. The standard InChI is InChI=1S/C10H15ClO2S/c1-7(13-2)5-8(12)6-9-3-4-10(11)14-9/h3-4,7-8,12H,5-6H2,1-2H3. The van der Waals surface area contributed by atoms with Gasteiger partial charge in [0.2, 0.25) is 0 Å². The summed E-state index contributed by atoms with van der Waals surface area (Å²) in [4.78, 5) is 1.12. The Morgan fingerprint density at radius 2 is 2.29 bits per heavy atom. The third kappa shape index (κ3) is 3.96. The number of hydrogen-bond donors (Lipinski definition) is 1. The van der Waals surface area contributed by atoms with E-state index in [-0.39, 0.29) is 12.2 Å². The lowest BCUT2D eigenvalue weighted by Gasteiger charge is -2.14. The van der Waals surface area contributed by atoms with E-state index in [2.05, 4.69) is 0 Å². The summed E-state index contributed by atoms with van der Waals surface area (Å²) < 4.78 is 5.85. The third-order valence-corrected chi connectivity index (χ3v) is 3.33. The number of ether oxygens (including phenoxy) is 1. The van der Waals surface area contributed by atoms with E-state index in [0.29, 0.717) is 12.8 Å². The van der Waals surface area contributed by atoms with Crippen LogP contribution in [0.1, 0.15) is 18.2 Å². The quantitative estimate of drug-likeness (QED) is 0.849. The predicted molar refractivity (Wildman–Crippen MR) is 60.1 cm³/mol. The SMILES string of the molecule is COC(C)CC(O)Cc1ccc(Cl)s1. The van der Waals surface area contributed by atoms with Crippen LogP contribution in [-0.4, -0.2) is 24.4 Å². The van der Waals surface area contributed by atoms with Crippen molar-refractivity contribution in [2.45, 2.75) is 32.0 Å². The molecule has 1 heterocycles. The molecule has 2 unspecified atom stereocenters. The second-order valence-corrected chi connectivity index (χ2v) is 5.15. The Balaban J connectivity index is 2.37. The Morgan fingerprint density at radius 1 is 1.57 bits per heavy atom. The van der Waals surface area contributed by atoms with Crippen LogP contribution in [0.15, 0.2) is 12.1 Å². The molecule has 0 aliphatic rings. The van der Waals surface area contributed by atoms with Gasteiger partial charge in [0.05, 0.1) is 16.5 Å². The van der Waals surface area contributed by atoms with Crippen molar-refractivity contribution >= 4 is 22.9 Å². The number of aliphatic hydroxyl groups is 1. The van der Waals surface area contributed by atoms with Gasteiger partial charge in [-0.3, -0.25) is 0 Å². The highest BCUT2D eigenvalue weighted by Crippen LogP contribution is 2.23. The van der Waals surface area contributed by atoms with Crippen LogP contribution in [0.5, 0.6) is 0 Å². The van der Waals surface area contributed by atoms with Crippen LogP contribution >= 0.6 is 22.9 Å². The Morgan fingerprint density at radius 3 is 2.79 bits per heavy atom. The maximum Gasteiger partial charge on any atom is 0.0931 e. The van der Waals surface area contributed by atoms with Gasteiger partial charge >= 0.3 is 0 Å². The summed E-state index contributed by atoms with van der Waals surface area (Å²) >= 11 is 7.30. The van der Waals surface area contributed by atoms with Crippen LogP contribution in [0.2, 0.25) is 4.34 Å². The minimum Gasteiger partial charge on any atom is -0.393 e. The van der Waals surface area contributed by atoms with Crippen LogP contribution in [-0.2, 0) is 11.2 Å². The van der Waals surface area contributed by atoms with Gasteiger partial charge in [-0.05, 0) is 25.5 Å². The van der Waals surface area contributed by atoms with E-state index in [1.807, 2.05) is 19.1 Å². The van der Waals surface area contributed by atoms with Gasteiger partial charge in [0.25, 0.3) is 0 Å². The summed E-state index contributed by atoms with van der Waals surface area (Å²) in [5.74, 6) is 0. The molecule has 0 fully saturated rings. The zero-order chi connectivity index (χ0) is 10.6. The van der Waals surface area contributed by atoms with Gasteiger partial charge in [0, 0.05) is 18.4 Å². The van der Waals surface area contributed by atoms with E-state index >= 15 is 0 Å². The Bertz CT molecular complexity index is 275. The molecule has 0 aliphatic heterocycles. The Kier molecular flexibility index (Phi) is 4.89. The molecule has 0 spiro atoms. The van der Waals surface area contributed by atoms with Crippen molar-refractivity contribution in [2.75, 3.05) is 7.11 Å². The Labute approximate surface area is 93.5 Å². The first kappa shape index (κ1) is 12.0. The number of rotatable bonds is 5. The maximum absolute atomic E-state index is 9.70. The molecule has 0 saturated heterocycles. The minimum atomic E-state index is -0.348. The summed E-state index contributed by atoms with van der Waals surface area (Å²) in [6.45, 7) is 1.95. The lowest BCUT2D eigenvalue weighted by molar-refractivity contribution is 0.0568. The summed E-state index contributed by atoms with van der Waals surface area (Å²) in [5.41, 5.74) is 0. The molecule has 4 heteroatoms. The van der Waals surface area contributed by atoms with E-state index in [9.17, 15) is 5.11 Å². The number of thiophene rings is 1. The second kappa shape index (κ2) is 5.71. The molecular weight excluding hydrogens is 220 g/mol. The van der Waals surface area contributed by atoms with Gasteiger partial charge in [-0.1, -0.05) is 11.6 Å². The zero-order valence-corrected chi connectivity index (χ0v) is 9.94. The molecule has 0 saturated carbocycles. The molecule has 1 N–H and O–H groups in total. The van der Waals surface area contributed by atoms with E-state index in [4.69, 9.17) is 16.3 Å². The van der Waals surface area contributed by atoms with Gasteiger partial charge in [0.1, 0.15) is 0 Å². The van der Waals surface area contributed by atoms with Gasteiger partial charge in [-0.15, -0.1) is 11.3 Å². The molecule has 2 atom stereocenters. The topological polar surface area (TPSA) is 29.5 Å². The molecule has 0 aliphatic carbocycles. The van der Waals surface area contributed by atoms with Crippen LogP contribution in [0, 0.1) is 0 Å². The molecule has 0 amide bonds. The molecule has 1 aromatic rings. The van der Waals surface area contributed by atoms with Crippen molar-refractivity contribution in [1.29, 1.82) is 0 Å². The fourth-order valence-electron chi connectivity index (χ4n) is 1.26. The van der Waals surface area contributed by atoms with Crippen LogP contribution in [0.3, 0.4) is 0 Å². The minimum absolute atomic E-state index is 0.0976. The molecule has 0 aromatic carbocycles. The summed E-state index contributed by atoms with van der Waals surface area (Å²) in [6.07, 6.45) is 1.07. The highest BCUT2D eigenvalue weighted by Gasteiger charge is 2.11. The van der Waals surface area contributed by atoms with Crippen molar-refractivity contribution in [3.8, 4) is 0 Å².